The lowest BCUT2D eigenvalue weighted by atomic mass is 10.2. The molecule has 0 unspecified atom stereocenters. The number of fused-ring (bicyclic) bond motifs is 1. The number of nitrogens with zero attached hydrogens (tertiary/aromatic N) is 1. The molecule has 0 saturated heterocycles. The predicted octanol–water partition coefficient (Wildman–Crippen LogP) is 5.70. The van der Waals surface area contributed by atoms with Crippen molar-refractivity contribution in [1.29, 1.82) is 0 Å². The second kappa shape index (κ2) is 6.64. The van der Waals surface area contributed by atoms with E-state index in [4.69, 9.17) is 33.4 Å². The Kier molecular flexibility index (Phi) is 4.32. The molecule has 8 heteroatoms. The monoisotopic (exact) mass is 403 g/mol. The van der Waals surface area contributed by atoms with Gasteiger partial charge in [0.2, 0.25) is 0 Å². The Balaban J connectivity index is 1.58. The molecule has 0 atom stereocenters. The van der Waals surface area contributed by atoms with E-state index in [0.29, 0.717) is 16.5 Å². The second-order valence-electron chi connectivity index (χ2n) is 5.46. The van der Waals surface area contributed by atoms with Crippen LogP contribution in [0.15, 0.2) is 52.9 Å². The molecule has 26 heavy (non-hydrogen) atoms. The first-order valence-electron chi connectivity index (χ1n) is 7.53. The van der Waals surface area contributed by atoms with Gasteiger partial charge in [0.05, 0.1) is 25.9 Å². The average Bonchev–Trinajstić information content (AvgIpc) is 3.26. The van der Waals surface area contributed by atoms with Gasteiger partial charge >= 0.3 is 0 Å². The van der Waals surface area contributed by atoms with Crippen LogP contribution in [-0.2, 0) is 0 Å². The summed E-state index contributed by atoms with van der Waals surface area (Å²) in [6.45, 7) is 0. The number of nitrogens with two attached hydrogens (primary N) is 1. The van der Waals surface area contributed by atoms with Gasteiger partial charge in [-0.1, -0.05) is 35.3 Å². The van der Waals surface area contributed by atoms with Gasteiger partial charge in [-0.05, 0) is 36.4 Å². The van der Waals surface area contributed by atoms with Crippen molar-refractivity contribution in [3.05, 3.63) is 64.3 Å². The number of aromatic nitrogens is 1. The lowest BCUT2D eigenvalue weighted by Crippen LogP contribution is -2.11. The molecule has 0 aliphatic heterocycles. The van der Waals surface area contributed by atoms with Gasteiger partial charge in [0.25, 0.3) is 5.91 Å². The number of anilines is 2. The van der Waals surface area contributed by atoms with Gasteiger partial charge < -0.3 is 15.5 Å². The Morgan fingerprint density at radius 2 is 1.85 bits per heavy atom. The van der Waals surface area contributed by atoms with E-state index in [1.54, 1.807) is 12.1 Å². The Bertz CT molecular complexity index is 1080. The second-order valence-corrected chi connectivity index (χ2v) is 7.30. The van der Waals surface area contributed by atoms with Crippen LogP contribution in [0.2, 0.25) is 10.0 Å². The third-order valence-electron chi connectivity index (χ3n) is 3.67. The molecule has 130 valence electrons. The van der Waals surface area contributed by atoms with Crippen LogP contribution in [0.5, 0.6) is 0 Å². The number of benzene rings is 2. The molecule has 0 spiro atoms. The maximum atomic E-state index is 12.4. The number of thiazole rings is 1. The molecule has 2 aromatic carbocycles. The fraction of sp³-hybridized carbons (Fsp3) is 0. The van der Waals surface area contributed by atoms with Crippen LogP contribution in [0.1, 0.15) is 10.6 Å². The number of hydrogen-bond acceptors (Lipinski definition) is 5. The summed E-state index contributed by atoms with van der Waals surface area (Å²) in [4.78, 5) is 16.9. The molecule has 0 fully saturated rings. The van der Waals surface area contributed by atoms with Gasteiger partial charge in [0, 0.05) is 5.69 Å². The van der Waals surface area contributed by atoms with E-state index < -0.39 is 5.91 Å². The van der Waals surface area contributed by atoms with Gasteiger partial charge in [-0.15, -0.1) is 11.3 Å². The zero-order valence-electron chi connectivity index (χ0n) is 13.1. The number of hydrogen-bond donors (Lipinski definition) is 2. The van der Waals surface area contributed by atoms with Crippen LogP contribution >= 0.6 is 34.5 Å². The first kappa shape index (κ1) is 16.9. The van der Waals surface area contributed by atoms with Crippen molar-refractivity contribution in [2.24, 2.45) is 0 Å². The highest BCUT2D eigenvalue weighted by Gasteiger charge is 2.16. The van der Waals surface area contributed by atoms with Crippen molar-refractivity contribution in [1.82, 2.24) is 4.98 Å². The first-order chi connectivity index (χ1) is 12.5. The van der Waals surface area contributed by atoms with Crippen molar-refractivity contribution < 1.29 is 9.21 Å². The van der Waals surface area contributed by atoms with E-state index in [2.05, 4.69) is 10.3 Å². The average molecular weight is 404 g/mol. The third kappa shape index (κ3) is 3.14. The number of nitrogens with one attached hydrogen (secondary N) is 1. The van der Waals surface area contributed by atoms with Gasteiger partial charge in [0.15, 0.2) is 16.5 Å². The van der Waals surface area contributed by atoms with E-state index in [-0.39, 0.29) is 21.5 Å². The summed E-state index contributed by atoms with van der Waals surface area (Å²) in [6.07, 6.45) is 0. The van der Waals surface area contributed by atoms with Gasteiger partial charge in [-0.25, -0.2) is 4.98 Å². The number of carbonyl (C=O) groups is 1. The van der Waals surface area contributed by atoms with E-state index in [1.165, 1.54) is 23.5 Å². The Labute approximate surface area is 162 Å². The maximum absolute atomic E-state index is 12.4. The van der Waals surface area contributed by atoms with E-state index >= 15 is 0 Å². The fourth-order valence-corrected chi connectivity index (χ4v) is 3.82. The lowest BCUT2D eigenvalue weighted by Gasteiger charge is -2.07. The van der Waals surface area contributed by atoms with Crippen molar-refractivity contribution >= 4 is 62.0 Å². The van der Waals surface area contributed by atoms with Crippen LogP contribution in [0.3, 0.4) is 0 Å². The zero-order valence-corrected chi connectivity index (χ0v) is 15.5. The SMILES string of the molecule is Nc1c(Cl)cc(NC(=O)c2ccc(-c3nc4ccccc4s3)o2)cc1Cl. The van der Waals surface area contributed by atoms with Crippen LogP contribution in [0.25, 0.3) is 21.0 Å². The van der Waals surface area contributed by atoms with Crippen molar-refractivity contribution in [3.8, 4) is 10.8 Å². The van der Waals surface area contributed by atoms with Gasteiger partial charge in [-0.2, -0.15) is 0 Å². The highest BCUT2D eigenvalue weighted by atomic mass is 35.5. The molecule has 1 amide bonds. The van der Waals surface area contributed by atoms with Crippen molar-refractivity contribution in [2.45, 2.75) is 0 Å². The molecule has 0 radical (unpaired) electrons. The number of para-hydroxylation sites is 1. The highest BCUT2D eigenvalue weighted by molar-refractivity contribution is 7.21. The van der Waals surface area contributed by atoms with Crippen LogP contribution < -0.4 is 11.1 Å². The number of furan rings is 1. The van der Waals surface area contributed by atoms with Crippen molar-refractivity contribution in [2.75, 3.05) is 11.1 Å². The Morgan fingerprint density at radius 1 is 1.12 bits per heavy atom. The smallest absolute Gasteiger partial charge is 0.291 e. The summed E-state index contributed by atoms with van der Waals surface area (Å²) in [6, 6.07) is 14.2. The molecule has 2 aromatic heterocycles. The van der Waals surface area contributed by atoms with Crippen molar-refractivity contribution in [3.63, 3.8) is 0 Å². The summed E-state index contributed by atoms with van der Waals surface area (Å²) in [7, 11) is 0. The molecule has 0 saturated carbocycles. The molecule has 0 aliphatic carbocycles. The molecule has 5 nitrogen and oxygen atoms in total. The minimum absolute atomic E-state index is 0.156. The third-order valence-corrected chi connectivity index (χ3v) is 5.35. The van der Waals surface area contributed by atoms with E-state index in [0.717, 1.165) is 10.2 Å². The summed E-state index contributed by atoms with van der Waals surface area (Å²) in [5.41, 5.74) is 7.28. The molecular weight excluding hydrogens is 393 g/mol. The summed E-state index contributed by atoms with van der Waals surface area (Å²) < 4.78 is 6.71. The summed E-state index contributed by atoms with van der Waals surface area (Å²) in [5, 5.41) is 3.93. The highest BCUT2D eigenvalue weighted by Crippen LogP contribution is 2.33. The Hall–Kier alpha value is -2.54. The predicted molar refractivity (Wildman–Crippen MR) is 106 cm³/mol. The quantitative estimate of drug-likeness (QED) is 0.430. The number of halogens is 2. The largest absolute Gasteiger partial charge is 0.448 e. The standard InChI is InChI=1S/C18H11Cl2N3O2S/c19-10-7-9(8-11(20)16(10)21)22-17(24)13-5-6-14(25-13)18-23-12-3-1-2-4-15(12)26-18/h1-8H,21H2,(H,22,24). The minimum atomic E-state index is -0.422. The number of amides is 1. The number of rotatable bonds is 3. The molecule has 4 rings (SSSR count). The molecule has 3 N–H and O–H groups in total. The van der Waals surface area contributed by atoms with Gasteiger partial charge in [0.1, 0.15) is 0 Å². The molecule has 4 aromatic rings. The number of carbonyl (C=O) groups excluding carboxylic acids is 1. The van der Waals surface area contributed by atoms with Crippen LogP contribution in [0.4, 0.5) is 11.4 Å². The fourth-order valence-electron chi connectivity index (χ4n) is 2.40. The number of nitrogen functional groups attached to an aromatic ring is 1. The normalized spacial score (nSPS) is 11.0. The van der Waals surface area contributed by atoms with E-state index in [9.17, 15) is 4.79 Å². The molecule has 2 heterocycles. The maximum Gasteiger partial charge on any atom is 0.291 e. The molecule has 0 bridgehead atoms. The molecular formula is C18H11Cl2N3O2S. The molecule has 0 aliphatic rings. The first-order valence-corrected chi connectivity index (χ1v) is 9.10. The lowest BCUT2D eigenvalue weighted by molar-refractivity contribution is 0.0997. The van der Waals surface area contributed by atoms with E-state index in [1.807, 2.05) is 24.3 Å². The summed E-state index contributed by atoms with van der Waals surface area (Å²) >= 11 is 13.5. The summed E-state index contributed by atoms with van der Waals surface area (Å²) in [5.74, 6) is 0.266. The van der Waals surface area contributed by atoms with Crippen LogP contribution in [0, 0.1) is 0 Å². The van der Waals surface area contributed by atoms with Gasteiger partial charge in [-0.3, -0.25) is 4.79 Å². The zero-order chi connectivity index (χ0) is 18.3. The minimum Gasteiger partial charge on any atom is -0.448 e. The Morgan fingerprint density at radius 3 is 2.58 bits per heavy atom. The topological polar surface area (TPSA) is 81.1 Å². The van der Waals surface area contributed by atoms with Crippen LogP contribution in [-0.4, -0.2) is 10.9 Å².